The zero-order valence-electron chi connectivity index (χ0n) is 7.18. The third-order valence-electron chi connectivity index (χ3n) is 2.34. The van der Waals surface area contributed by atoms with E-state index < -0.39 is 12.3 Å². The number of halogens is 2. The number of hydrogen-bond acceptors (Lipinski definition) is 2. The first-order valence-corrected chi connectivity index (χ1v) is 4.44. The molecule has 0 aliphatic carbocycles. The number of hydrogen-bond donors (Lipinski definition) is 1. The molecule has 0 spiro atoms. The van der Waals surface area contributed by atoms with Crippen molar-refractivity contribution < 1.29 is 8.78 Å². The molecule has 0 aromatic rings. The highest BCUT2D eigenvalue weighted by Gasteiger charge is 2.28. The van der Waals surface area contributed by atoms with E-state index in [9.17, 15) is 8.78 Å². The summed E-state index contributed by atoms with van der Waals surface area (Å²) in [7, 11) is 0. The number of rotatable bonds is 4. The van der Waals surface area contributed by atoms with Gasteiger partial charge in [-0.15, -0.1) is 0 Å². The van der Waals surface area contributed by atoms with Crippen LogP contribution in [0, 0.1) is 5.92 Å². The fourth-order valence-corrected chi connectivity index (χ4v) is 1.59. The zero-order valence-corrected chi connectivity index (χ0v) is 7.18. The van der Waals surface area contributed by atoms with Crippen LogP contribution in [0.25, 0.3) is 0 Å². The molecule has 1 atom stereocenters. The van der Waals surface area contributed by atoms with Crippen LogP contribution >= 0.6 is 0 Å². The Morgan fingerprint density at radius 3 is 2.75 bits per heavy atom. The largest absolute Gasteiger partial charge is 0.330 e. The van der Waals surface area contributed by atoms with Crippen molar-refractivity contribution in [1.82, 2.24) is 4.90 Å². The second-order valence-electron chi connectivity index (χ2n) is 3.33. The van der Waals surface area contributed by atoms with Gasteiger partial charge in [0, 0.05) is 12.5 Å². The van der Waals surface area contributed by atoms with Crippen molar-refractivity contribution in [3.05, 3.63) is 0 Å². The monoisotopic (exact) mass is 178 g/mol. The van der Waals surface area contributed by atoms with Gasteiger partial charge in [-0.25, -0.2) is 8.78 Å². The summed E-state index contributed by atoms with van der Waals surface area (Å²) in [6.07, 6.45) is -0.592. The Hall–Kier alpha value is -0.220. The summed E-state index contributed by atoms with van der Waals surface area (Å²) in [5, 5.41) is 0. The Morgan fingerprint density at radius 2 is 2.25 bits per heavy atom. The lowest BCUT2D eigenvalue weighted by Crippen LogP contribution is -2.25. The van der Waals surface area contributed by atoms with Gasteiger partial charge in [0.1, 0.15) is 0 Å². The van der Waals surface area contributed by atoms with Gasteiger partial charge in [-0.1, -0.05) is 0 Å². The van der Waals surface area contributed by atoms with Crippen molar-refractivity contribution in [2.45, 2.75) is 19.3 Å². The van der Waals surface area contributed by atoms with Crippen molar-refractivity contribution in [2.75, 3.05) is 26.2 Å². The summed E-state index contributed by atoms with van der Waals surface area (Å²) < 4.78 is 24.4. The van der Waals surface area contributed by atoms with Crippen LogP contribution in [0.5, 0.6) is 0 Å². The summed E-state index contributed by atoms with van der Waals surface area (Å²) in [6.45, 7) is 2.89. The predicted octanol–water partition coefficient (Wildman–Crippen LogP) is 0.922. The number of nitrogens with two attached hydrogens (primary N) is 1. The first kappa shape index (κ1) is 9.86. The molecule has 1 aliphatic rings. The summed E-state index contributed by atoms with van der Waals surface area (Å²) >= 11 is 0. The van der Waals surface area contributed by atoms with Crippen molar-refractivity contribution in [2.24, 2.45) is 11.7 Å². The summed E-state index contributed by atoms with van der Waals surface area (Å²) in [5.41, 5.74) is 5.33. The van der Waals surface area contributed by atoms with Gasteiger partial charge in [0.2, 0.25) is 6.43 Å². The standard InChI is InChI=1S/C8H16F2N2/c9-8(10)7-2-5-12(6-7)4-1-3-11/h7-8H,1-6,11H2. The van der Waals surface area contributed by atoms with E-state index in [1.54, 1.807) is 0 Å². The van der Waals surface area contributed by atoms with Crippen LogP contribution in [-0.4, -0.2) is 37.5 Å². The SMILES string of the molecule is NCCCN1CCC(C(F)F)C1. The molecule has 0 amide bonds. The quantitative estimate of drug-likeness (QED) is 0.693. The molecule has 1 saturated heterocycles. The molecule has 1 fully saturated rings. The van der Waals surface area contributed by atoms with Gasteiger partial charge in [-0.3, -0.25) is 0 Å². The van der Waals surface area contributed by atoms with Gasteiger partial charge >= 0.3 is 0 Å². The second-order valence-corrected chi connectivity index (χ2v) is 3.33. The van der Waals surface area contributed by atoms with Gasteiger partial charge in [-0.2, -0.15) is 0 Å². The Labute approximate surface area is 71.7 Å². The van der Waals surface area contributed by atoms with E-state index in [1.165, 1.54) is 0 Å². The van der Waals surface area contributed by atoms with Crippen molar-refractivity contribution in [3.8, 4) is 0 Å². The zero-order chi connectivity index (χ0) is 8.97. The Morgan fingerprint density at radius 1 is 1.50 bits per heavy atom. The maximum absolute atomic E-state index is 12.2. The fourth-order valence-electron chi connectivity index (χ4n) is 1.59. The minimum Gasteiger partial charge on any atom is -0.330 e. The second kappa shape index (κ2) is 4.72. The van der Waals surface area contributed by atoms with Crippen molar-refractivity contribution in [3.63, 3.8) is 0 Å². The Kier molecular flexibility index (Phi) is 3.88. The van der Waals surface area contributed by atoms with Crippen LogP contribution in [0.4, 0.5) is 8.78 Å². The summed E-state index contributed by atoms with van der Waals surface area (Å²) in [4.78, 5) is 2.07. The molecule has 1 heterocycles. The maximum Gasteiger partial charge on any atom is 0.242 e. The fraction of sp³-hybridized carbons (Fsp3) is 1.00. The summed E-state index contributed by atoms with van der Waals surface area (Å²) in [5.74, 6) is -0.400. The highest BCUT2D eigenvalue weighted by Crippen LogP contribution is 2.22. The molecular formula is C8H16F2N2. The average molecular weight is 178 g/mol. The lowest BCUT2D eigenvalue weighted by atomic mass is 10.1. The van der Waals surface area contributed by atoms with Crippen molar-refractivity contribution in [1.29, 1.82) is 0 Å². The van der Waals surface area contributed by atoms with Crippen LogP contribution in [0.1, 0.15) is 12.8 Å². The van der Waals surface area contributed by atoms with E-state index in [0.29, 0.717) is 19.5 Å². The molecule has 1 unspecified atom stereocenters. The molecule has 0 aromatic heterocycles. The number of nitrogens with zero attached hydrogens (tertiary/aromatic N) is 1. The molecular weight excluding hydrogens is 162 g/mol. The van der Waals surface area contributed by atoms with Crippen LogP contribution in [0.2, 0.25) is 0 Å². The van der Waals surface area contributed by atoms with Gasteiger partial charge in [0.05, 0.1) is 0 Å². The third-order valence-corrected chi connectivity index (χ3v) is 2.34. The molecule has 0 saturated carbocycles. The van der Waals surface area contributed by atoms with Crippen LogP contribution < -0.4 is 5.73 Å². The van der Waals surface area contributed by atoms with Crippen LogP contribution in [0.15, 0.2) is 0 Å². The first-order valence-electron chi connectivity index (χ1n) is 4.44. The minimum atomic E-state index is -2.15. The van der Waals surface area contributed by atoms with Gasteiger partial charge in [-0.05, 0) is 32.5 Å². The molecule has 72 valence electrons. The molecule has 0 radical (unpaired) electrons. The lowest BCUT2D eigenvalue weighted by molar-refractivity contribution is 0.0807. The number of alkyl halides is 2. The van der Waals surface area contributed by atoms with Gasteiger partial charge in [0.25, 0.3) is 0 Å². The lowest BCUT2D eigenvalue weighted by Gasteiger charge is -2.14. The van der Waals surface area contributed by atoms with Gasteiger partial charge < -0.3 is 10.6 Å². The topological polar surface area (TPSA) is 29.3 Å². The van der Waals surface area contributed by atoms with Crippen molar-refractivity contribution >= 4 is 0 Å². The molecule has 2 N–H and O–H groups in total. The Balaban J connectivity index is 2.17. The smallest absolute Gasteiger partial charge is 0.242 e. The van der Waals surface area contributed by atoms with Gasteiger partial charge in [0.15, 0.2) is 0 Å². The molecule has 0 bridgehead atoms. The molecule has 0 aromatic carbocycles. The Bertz CT molecular complexity index is 130. The predicted molar refractivity (Wildman–Crippen MR) is 44.2 cm³/mol. The van der Waals surface area contributed by atoms with E-state index in [4.69, 9.17) is 5.73 Å². The molecule has 1 rings (SSSR count). The van der Waals surface area contributed by atoms with Crippen LogP contribution in [0.3, 0.4) is 0 Å². The molecule has 1 aliphatic heterocycles. The minimum absolute atomic E-state index is 0.400. The highest BCUT2D eigenvalue weighted by atomic mass is 19.3. The third kappa shape index (κ3) is 2.68. The average Bonchev–Trinajstić information content (AvgIpc) is 2.48. The molecule has 12 heavy (non-hydrogen) atoms. The van der Waals surface area contributed by atoms with Crippen LogP contribution in [-0.2, 0) is 0 Å². The van der Waals surface area contributed by atoms with E-state index in [-0.39, 0.29) is 0 Å². The first-order chi connectivity index (χ1) is 5.74. The molecule has 4 heteroatoms. The van der Waals surface area contributed by atoms with E-state index in [1.807, 2.05) is 0 Å². The normalized spacial score (nSPS) is 25.5. The summed E-state index contributed by atoms with van der Waals surface area (Å²) in [6, 6.07) is 0. The molecule has 2 nitrogen and oxygen atoms in total. The number of likely N-dealkylation sites (tertiary alicyclic amines) is 1. The van der Waals surface area contributed by atoms with E-state index in [0.717, 1.165) is 19.5 Å². The highest BCUT2D eigenvalue weighted by molar-refractivity contribution is 4.76. The maximum atomic E-state index is 12.2. The van der Waals surface area contributed by atoms with E-state index in [2.05, 4.69) is 4.90 Å². The van der Waals surface area contributed by atoms with E-state index >= 15 is 0 Å².